The molecule has 0 unspecified atom stereocenters. The van der Waals surface area contributed by atoms with Crippen LogP contribution in [0.1, 0.15) is 21.7 Å². The molecule has 3 N–H and O–H groups in total. The summed E-state index contributed by atoms with van der Waals surface area (Å²) < 4.78 is 26.1. The topological polar surface area (TPSA) is 111 Å². The van der Waals surface area contributed by atoms with Crippen LogP contribution in [0.2, 0.25) is 0 Å². The second-order valence-corrected chi connectivity index (χ2v) is 6.13. The molecule has 1 aromatic heterocycles. The highest BCUT2D eigenvalue weighted by molar-refractivity contribution is 7.89. The minimum absolute atomic E-state index is 0.0371. The molecule has 0 spiro atoms. The Morgan fingerprint density at radius 1 is 1.45 bits per heavy atom. The van der Waals surface area contributed by atoms with Gasteiger partial charge in [0.25, 0.3) is 0 Å². The standard InChI is InChI=1S/C12H18N2O5S/c1-4-5-14(6-7-15)20(18,19)11-8(2)10(12(16)17)13-9(11)3/h4,13,15H,1,5-7H2,2-3H3,(H,16,17). The number of aryl methyl sites for hydroxylation is 1. The SMILES string of the molecule is C=CCN(CCO)S(=O)(=O)c1c(C)[nH]c(C(=O)O)c1C. The predicted octanol–water partition coefficient (Wildman–Crippen LogP) is 0.499. The third-order valence-electron chi connectivity index (χ3n) is 2.86. The lowest BCUT2D eigenvalue weighted by Gasteiger charge is -2.20. The van der Waals surface area contributed by atoms with E-state index in [0.29, 0.717) is 0 Å². The Balaban J connectivity index is 3.41. The van der Waals surface area contributed by atoms with Crippen LogP contribution >= 0.6 is 0 Å². The Morgan fingerprint density at radius 2 is 2.05 bits per heavy atom. The van der Waals surface area contributed by atoms with E-state index in [2.05, 4.69) is 11.6 Å². The number of aromatic nitrogens is 1. The maximum atomic E-state index is 12.5. The first-order valence-corrected chi connectivity index (χ1v) is 7.35. The summed E-state index contributed by atoms with van der Waals surface area (Å²) in [5, 5.41) is 18.0. The van der Waals surface area contributed by atoms with Crippen molar-refractivity contribution in [1.82, 2.24) is 9.29 Å². The average Bonchev–Trinajstić information content (AvgIpc) is 2.65. The molecule has 7 nitrogen and oxygen atoms in total. The highest BCUT2D eigenvalue weighted by Gasteiger charge is 2.30. The number of hydrogen-bond donors (Lipinski definition) is 3. The summed E-state index contributed by atoms with van der Waals surface area (Å²) in [6.45, 7) is 6.03. The van der Waals surface area contributed by atoms with Crippen molar-refractivity contribution in [1.29, 1.82) is 0 Å². The number of nitrogens with zero attached hydrogens (tertiary/aromatic N) is 1. The lowest BCUT2D eigenvalue weighted by atomic mass is 10.2. The van der Waals surface area contributed by atoms with E-state index in [1.165, 1.54) is 19.9 Å². The smallest absolute Gasteiger partial charge is 0.352 e. The van der Waals surface area contributed by atoms with Crippen molar-refractivity contribution in [2.45, 2.75) is 18.7 Å². The van der Waals surface area contributed by atoms with Crippen LogP contribution in [0.5, 0.6) is 0 Å². The molecule has 0 aromatic carbocycles. The molecule has 20 heavy (non-hydrogen) atoms. The van der Waals surface area contributed by atoms with Crippen molar-refractivity contribution in [3.8, 4) is 0 Å². The zero-order valence-electron chi connectivity index (χ0n) is 11.4. The van der Waals surface area contributed by atoms with Crippen LogP contribution in [0.3, 0.4) is 0 Å². The van der Waals surface area contributed by atoms with Crippen molar-refractivity contribution < 1.29 is 23.4 Å². The predicted molar refractivity (Wildman–Crippen MR) is 73.3 cm³/mol. The van der Waals surface area contributed by atoms with Crippen LogP contribution in [0.25, 0.3) is 0 Å². The molecule has 0 aliphatic heterocycles. The van der Waals surface area contributed by atoms with Crippen LogP contribution in [0.4, 0.5) is 0 Å². The number of aromatic amines is 1. The number of nitrogens with one attached hydrogen (secondary N) is 1. The fourth-order valence-corrected chi connectivity index (χ4v) is 3.84. The van der Waals surface area contributed by atoms with Gasteiger partial charge in [-0.05, 0) is 13.8 Å². The van der Waals surface area contributed by atoms with Gasteiger partial charge in [0.2, 0.25) is 10.0 Å². The van der Waals surface area contributed by atoms with Gasteiger partial charge in [-0.1, -0.05) is 6.08 Å². The van der Waals surface area contributed by atoms with Crippen molar-refractivity contribution in [2.24, 2.45) is 0 Å². The minimum atomic E-state index is -3.89. The van der Waals surface area contributed by atoms with Gasteiger partial charge in [-0.15, -0.1) is 6.58 Å². The Bertz CT molecular complexity index is 618. The summed E-state index contributed by atoms with van der Waals surface area (Å²) in [6.07, 6.45) is 1.41. The maximum absolute atomic E-state index is 12.5. The summed E-state index contributed by atoms with van der Waals surface area (Å²) >= 11 is 0. The Hall–Kier alpha value is -1.64. The Labute approximate surface area is 117 Å². The zero-order chi connectivity index (χ0) is 15.5. The monoisotopic (exact) mass is 302 g/mol. The largest absolute Gasteiger partial charge is 0.477 e. The summed E-state index contributed by atoms with van der Waals surface area (Å²) in [4.78, 5) is 13.5. The molecule has 8 heteroatoms. The van der Waals surface area contributed by atoms with E-state index >= 15 is 0 Å². The molecule has 112 valence electrons. The van der Waals surface area contributed by atoms with Gasteiger partial charge in [-0.2, -0.15) is 4.31 Å². The number of aliphatic hydroxyl groups is 1. The lowest BCUT2D eigenvalue weighted by Crippen LogP contribution is -2.34. The van der Waals surface area contributed by atoms with Crippen LogP contribution in [0, 0.1) is 13.8 Å². The number of sulfonamides is 1. The first kappa shape index (κ1) is 16.4. The number of aromatic carboxylic acids is 1. The second kappa shape index (κ2) is 6.21. The number of H-pyrrole nitrogens is 1. The zero-order valence-corrected chi connectivity index (χ0v) is 12.2. The number of carboxylic acid groups (broad SMARTS) is 1. The van der Waals surface area contributed by atoms with Gasteiger partial charge < -0.3 is 15.2 Å². The molecule has 1 heterocycles. The summed E-state index contributed by atoms with van der Waals surface area (Å²) in [7, 11) is -3.89. The highest BCUT2D eigenvalue weighted by atomic mass is 32.2. The average molecular weight is 302 g/mol. The number of rotatable bonds is 7. The van der Waals surface area contributed by atoms with E-state index < -0.39 is 16.0 Å². The normalized spacial score (nSPS) is 11.8. The highest BCUT2D eigenvalue weighted by Crippen LogP contribution is 2.26. The fourth-order valence-electron chi connectivity index (χ4n) is 2.03. The van der Waals surface area contributed by atoms with Gasteiger partial charge in [0.05, 0.1) is 6.61 Å². The molecule has 0 atom stereocenters. The molecule has 0 aliphatic carbocycles. The van der Waals surface area contributed by atoms with Gasteiger partial charge in [0, 0.05) is 24.3 Å². The fraction of sp³-hybridized carbons (Fsp3) is 0.417. The van der Waals surface area contributed by atoms with Crippen LogP contribution in [-0.2, 0) is 10.0 Å². The van der Waals surface area contributed by atoms with Gasteiger partial charge in [0.15, 0.2) is 0 Å². The van der Waals surface area contributed by atoms with E-state index in [1.54, 1.807) is 0 Å². The van der Waals surface area contributed by atoms with Gasteiger partial charge in [-0.25, -0.2) is 13.2 Å². The van der Waals surface area contributed by atoms with Crippen molar-refractivity contribution >= 4 is 16.0 Å². The van der Waals surface area contributed by atoms with Crippen molar-refractivity contribution in [3.63, 3.8) is 0 Å². The van der Waals surface area contributed by atoms with E-state index in [9.17, 15) is 13.2 Å². The third-order valence-corrected chi connectivity index (χ3v) is 5.00. The minimum Gasteiger partial charge on any atom is -0.477 e. The summed E-state index contributed by atoms with van der Waals surface area (Å²) in [5.74, 6) is -1.22. The van der Waals surface area contributed by atoms with Crippen LogP contribution < -0.4 is 0 Å². The van der Waals surface area contributed by atoms with E-state index in [1.807, 2.05) is 0 Å². The summed E-state index contributed by atoms with van der Waals surface area (Å²) in [6, 6.07) is 0. The second-order valence-electron chi connectivity index (χ2n) is 4.26. The van der Waals surface area contributed by atoms with Gasteiger partial charge >= 0.3 is 5.97 Å². The molecule has 1 rings (SSSR count). The van der Waals surface area contributed by atoms with Crippen molar-refractivity contribution in [3.05, 3.63) is 29.6 Å². The quantitative estimate of drug-likeness (QED) is 0.635. The number of carbonyl (C=O) groups is 1. The Morgan fingerprint density at radius 3 is 2.45 bits per heavy atom. The first-order valence-electron chi connectivity index (χ1n) is 5.91. The van der Waals surface area contributed by atoms with E-state index in [4.69, 9.17) is 10.2 Å². The number of aliphatic hydroxyl groups excluding tert-OH is 1. The van der Waals surface area contributed by atoms with Gasteiger partial charge in [-0.3, -0.25) is 0 Å². The van der Waals surface area contributed by atoms with E-state index in [0.717, 1.165) is 4.31 Å². The molecule has 0 bridgehead atoms. The molecular formula is C12H18N2O5S. The molecular weight excluding hydrogens is 284 g/mol. The maximum Gasteiger partial charge on any atom is 0.352 e. The molecule has 1 aromatic rings. The number of hydrogen-bond acceptors (Lipinski definition) is 4. The number of carboxylic acids is 1. The molecule has 0 fully saturated rings. The first-order chi connectivity index (χ1) is 9.27. The molecule has 0 aliphatic rings. The Kier molecular flexibility index (Phi) is 5.09. The van der Waals surface area contributed by atoms with Crippen LogP contribution in [-0.4, -0.2) is 53.6 Å². The summed E-state index contributed by atoms with van der Waals surface area (Å²) in [5.41, 5.74) is 0.262. The third kappa shape index (κ3) is 2.92. The van der Waals surface area contributed by atoms with Gasteiger partial charge in [0.1, 0.15) is 10.6 Å². The molecule has 0 radical (unpaired) electrons. The van der Waals surface area contributed by atoms with Crippen molar-refractivity contribution in [2.75, 3.05) is 19.7 Å². The molecule has 0 amide bonds. The van der Waals surface area contributed by atoms with E-state index in [-0.39, 0.29) is 41.5 Å². The van der Waals surface area contributed by atoms with Crippen LogP contribution in [0.15, 0.2) is 17.6 Å². The lowest BCUT2D eigenvalue weighted by molar-refractivity contribution is 0.0690. The molecule has 0 saturated heterocycles. The molecule has 0 saturated carbocycles.